The molecule has 0 saturated carbocycles. The molecule has 0 saturated heterocycles. The van der Waals surface area contributed by atoms with Crippen LogP contribution < -0.4 is 0 Å². The molecule has 0 amide bonds. The zero-order chi connectivity index (χ0) is 8.53. The Labute approximate surface area is 83.2 Å². The summed E-state index contributed by atoms with van der Waals surface area (Å²) in [6.07, 6.45) is 8.28. The molecular weight excluding hydrogens is 170 g/mol. The van der Waals surface area contributed by atoms with Gasteiger partial charge in [-0.15, -0.1) is 12.4 Å². The third kappa shape index (κ3) is 7.93. The molecule has 0 heterocycles. The van der Waals surface area contributed by atoms with Gasteiger partial charge in [0.2, 0.25) is 0 Å². The van der Waals surface area contributed by atoms with E-state index in [0.29, 0.717) is 0 Å². The summed E-state index contributed by atoms with van der Waals surface area (Å²) in [5.74, 6) is 0. The van der Waals surface area contributed by atoms with Gasteiger partial charge in [-0.25, -0.2) is 0 Å². The van der Waals surface area contributed by atoms with Gasteiger partial charge in [0, 0.05) is 13.1 Å². The maximum Gasteiger partial charge on any atom is 0.0172 e. The van der Waals surface area contributed by atoms with Gasteiger partial charge in [-0.2, -0.15) is 0 Å². The number of allylic oxidation sites excluding steroid dienone is 1. The lowest BCUT2D eigenvalue weighted by Gasteiger charge is -2.17. The fourth-order valence-electron chi connectivity index (χ4n) is 1.11. The van der Waals surface area contributed by atoms with Crippen molar-refractivity contribution in [1.29, 1.82) is 0 Å². The molecule has 74 valence electrons. The topological polar surface area (TPSA) is 3.24 Å². The summed E-state index contributed by atoms with van der Waals surface area (Å²) in [5, 5.41) is 0. The molecule has 2 heteroatoms. The normalized spacial score (nSPS) is 9.92. The predicted octanol–water partition coefficient (Wildman–Crippen LogP) is 3.45. The molecule has 0 radical (unpaired) electrons. The molecule has 0 fully saturated rings. The quantitative estimate of drug-likeness (QED) is 0.582. The van der Waals surface area contributed by atoms with Gasteiger partial charge in [-0.3, -0.25) is 0 Å². The van der Waals surface area contributed by atoms with Crippen LogP contribution in [0.2, 0.25) is 0 Å². The monoisotopic (exact) mass is 191 g/mol. The van der Waals surface area contributed by atoms with Gasteiger partial charge in [-0.1, -0.05) is 25.8 Å². The maximum atomic E-state index is 2.36. The van der Waals surface area contributed by atoms with E-state index in [1.165, 1.54) is 25.8 Å². The molecule has 0 aliphatic carbocycles. The van der Waals surface area contributed by atoms with E-state index in [1.807, 2.05) is 0 Å². The minimum absolute atomic E-state index is 0. The number of halogens is 1. The molecule has 1 nitrogen and oxygen atoms in total. The lowest BCUT2D eigenvalue weighted by Crippen LogP contribution is -2.17. The Morgan fingerprint density at radius 1 is 1.17 bits per heavy atom. The minimum atomic E-state index is 0. The summed E-state index contributed by atoms with van der Waals surface area (Å²) in [6.45, 7) is 8.86. The average molecular weight is 192 g/mol. The van der Waals surface area contributed by atoms with E-state index < -0.39 is 0 Å². The zero-order valence-corrected chi connectivity index (χ0v) is 9.36. The van der Waals surface area contributed by atoms with Crippen LogP contribution in [0.15, 0.2) is 12.3 Å². The van der Waals surface area contributed by atoms with Crippen LogP contribution in [0.5, 0.6) is 0 Å². The van der Waals surface area contributed by atoms with Gasteiger partial charge < -0.3 is 4.90 Å². The molecule has 0 N–H and O–H groups in total. The maximum absolute atomic E-state index is 2.36. The van der Waals surface area contributed by atoms with Crippen molar-refractivity contribution in [2.24, 2.45) is 0 Å². The fourth-order valence-corrected chi connectivity index (χ4v) is 1.11. The van der Waals surface area contributed by atoms with Crippen LogP contribution >= 0.6 is 12.4 Å². The van der Waals surface area contributed by atoms with Crippen LogP contribution in [0.4, 0.5) is 0 Å². The van der Waals surface area contributed by atoms with Gasteiger partial charge >= 0.3 is 0 Å². The van der Waals surface area contributed by atoms with E-state index in [2.05, 4.69) is 37.9 Å². The number of hydrogen-bond acceptors (Lipinski definition) is 1. The Morgan fingerprint density at radius 2 is 1.83 bits per heavy atom. The molecule has 0 rings (SSSR count). The molecule has 0 spiro atoms. The lowest BCUT2D eigenvalue weighted by atomic mass is 10.2. The summed E-state index contributed by atoms with van der Waals surface area (Å²) < 4.78 is 0. The Balaban J connectivity index is 0. The Bertz CT molecular complexity index is 102. The number of nitrogens with zero attached hydrogens (tertiary/aromatic N) is 1. The highest BCUT2D eigenvalue weighted by Crippen LogP contribution is 1.98. The van der Waals surface area contributed by atoms with Crippen molar-refractivity contribution in [2.75, 3.05) is 13.1 Å². The second kappa shape index (κ2) is 10.8. The Kier molecular flexibility index (Phi) is 13.0. The third-order valence-electron chi connectivity index (χ3n) is 1.81. The molecule has 0 bridgehead atoms. The van der Waals surface area contributed by atoms with Gasteiger partial charge in [0.1, 0.15) is 0 Å². The smallest absolute Gasteiger partial charge is 0.0172 e. The number of unbranched alkanes of at least 4 members (excludes halogenated alkanes) is 2. The van der Waals surface area contributed by atoms with E-state index in [-0.39, 0.29) is 12.4 Å². The van der Waals surface area contributed by atoms with Crippen LogP contribution in [0.25, 0.3) is 0 Å². The minimum Gasteiger partial charge on any atom is -0.378 e. The van der Waals surface area contributed by atoms with Crippen molar-refractivity contribution in [1.82, 2.24) is 4.90 Å². The van der Waals surface area contributed by atoms with E-state index in [4.69, 9.17) is 0 Å². The SMILES string of the molecule is CC=CN(CC)CCCCC.Cl. The van der Waals surface area contributed by atoms with Crippen molar-refractivity contribution < 1.29 is 0 Å². The first-order valence-electron chi connectivity index (χ1n) is 4.72. The fraction of sp³-hybridized carbons (Fsp3) is 0.800. The molecule has 0 aromatic carbocycles. The molecule has 0 atom stereocenters. The second-order valence-corrected chi connectivity index (χ2v) is 2.82. The van der Waals surface area contributed by atoms with E-state index in [9.17, 15) is 0 Å². The van der Waals surface area contributed by atoms with Gasteiger partial charge in [0.25, 0.3) is 0 Å². The largest absolute Gasteiger partial charge is 0.378 e. The average Bonchev–Trinajstić information content (AvgIpc) is 2.03. The second-order valence-electron chi connectivity index (χ2n) is 2.82. The van der Waals surface area contributed by atoms with Crippen LogP contribution in [0.1, 0.15) is 40.0 Å². The molecule has 0 aromatic rings. The standard InChI is InChI=1S/C10H21N.ClH/c1-4-7-8-10-11(6-3)9-5-2;/h5,9H,4,6-8,10H2,1-3H3;1H. The Morgan fingerprint density at radius 3 is 2.25 bits per heavy atom. The van der Waals surface area contributed by atoms with Crippen molar-refractivity contribution in [3.63, 3.8) is 0 Å². The lowest BCUT2D eigenvalue weighted by molar-refractivity contribution is 0.382. The molecule has 12 heavy (non-hydrogen) atoms. The van der Waals surface area contributed by atoms with E-state index in [0.717, 1.165) is 6.54 Å². The van der Waals surface area contributed by atoms with Gasteiger partial charge in [-0.05, 0) is 26.5 Å². The van der Waals surface area contributed by atoms with Gasteiger partial charge in [0.05, 0.1) is 0 Å². The van der Waals surface area contributed by atoms with Crippen molar-refractivity contribution >= 4 is 12.4 Å². The zero-order valence-electron chi connectivity index (χ0n) is 8.55. The van der Waals surface area contributed by atoms with Crippen LogP contribution in [-0.2, 0) is 0 Å². The molecule has 0 aromatic heterocycles. The first-order valence-corrected chi connectivity index (χ1v) is 4.72. The first kappa shape index (κ1) is 14.4. The van der Waals surface area contributed by atoms with Crippen molar-refractivity contribution in [3.8, 4) is 0 Å². The first-order chi connectivity index (χ1) is 5.35. The van der Waals surface area contributed by atoms with Crippen molar-refractivity contribution in [3.05, 3.63) is 12.3 Å². The number of hydrogen-bond donors (Lipinski definition) is 0. The molecule has 0 aliphatic heterocycles. The molecule has 0 unspecified atom stereocenters. The highest BCUT2D eigenvalue weighted by molar-refractivity contribution is 5.85. The highest BCUT2D eigenvalue weighted by atomic mass is 35.5. The Hall–Kier alpha value is -0.170. The van der Waals surface area contributed by atoms with Crippen LogP contribution in [0, 0.1) is 0 Å². The predicted molar refractivity (Wildman–Crippen MR) is 58.8 cm³/mol. The van der Waals surface area contributed by atoms with Gasteiger partial charge in [0.15, 0.2) is 0 Å². The van der Waals surface area contributed by atoms with Crippen LogP contribution in [0.3, 0.4) is 0 Å². The number of rotatable bonds is 6. The summed E-state index contributed by atoms with van der Waals surface area (Å²) in [4.78, 5) is 2.36. The highest BCUT2D eigenvalue weighted by Gasteiger charge is 1.92. The summed E-state index contributed by atoms with van der Waals surface area (Å²) in [6, 6.07) is 0. The molecular formula is C10H22ClN. The molecule has 0 aliphatic rings. The summed E-state index contributed by atoms with van der Waals surface area (Å²) in [7, 11) is 0. The summed E-state index contributed by atoms with van der Waals surface area (Å²) in [5.41, 5.74) is 0. The van der Waals surface area contributed by atoms with Crippen LogP contribution in [-0.4, -0.2) is 18.0 Å². The van der Waals surface area contributed by atoms with E-state index >= 15 is 0 Å². The van der Waals surface area contributed by atoms with Crippen molar-refractivity contribution in [2.45, 2.75) is 40.0 Å². The third-order valence-corrected chi connectivity index (χ3v) is 1.81. The van der Waals surface area contributed by atoms with E-state index in [1.54, 1.807) is 0 Å². The summed E-state index contributed by atoms with van der Waals surface area (Å²) >= 11 is 0.